The van der Waals surface area contributed by atoms with Crippen LogP contribution in [0, 0.1) is 0 Å². The molecule has 0 fully saturated rings. The van der Waals surface area contributed by atoms with E-state index in [2.05, 4.69) is 21.2 Å². The molecule has 0 heterocycles. The lowest BCUT2D eigenvalue weighted by atomic mass is 10.1. The first-order chi connectivity index (χ1) is 9.06. The minimum atomic E-state index is -0.104. The van der Waals surface area contributed by atoms with E-state index < -0.39 is 0 Å². The molecule has 0 radical (unpaired) electrons. The maximum atomic E-state index is 12.1. The molecule has 0 unspecified atom stereocenters. The predicted molar refractivity (Wildman–Crippen MR) is 80.9 cm³/mol. The van der Waals surface area contributed by atoms with Crippen molar-refractivity contribution in [1.29, 1.82) is 0 Å². The van der Waals surface area contributed by atoms with E-state index in [9.17, 15) is 4.79 Å². The normalized spacial score (nSPS) is 11.9. The summed E-state index contributed by atoms with van der Waals surface area (Å²) in [5.74, 6) is -0.104. The minimum Gasteiger partial charge on any atom is -0.399 e. The fraction of sp³-hybridized carbons (Fsp3) is 0.133. The lowest BCUT2D eigenvalue weighted by molar-refractivity contribution is 0.0940. The molecular formula is C15H15BrN2O. The van der Waals surface area contributed by atoms with Gasteiger partial charge in [-0.3, -0.25) is 4.79 Å². The Hall–Kier alpha value is -1.81. The summed E-state index contributed by atoms with van der Waals surface area (Å²) < 4.78 is 0.999. The van der Waals surface area contributed by atoms with Gasteiger partial charge in [0.25, 0.3) is 5.91 Å². The summed E-state index contributed by atoms with van der Waals surface area (Å²) in [7, 11) is 0. The number of nitrogen functional groups attached to an aromatic ring is 1. The van der Waals surface area contributed by atoms with Crippen LogP contribution in [0.25, 0.3) is 0 Å². The Bertz CT molecular complexity index is 581. The third-order valence-electron chi connectivity index (χ3n) is 2.87. The molecule has 1 atom stereocenters. The summed E-state index contributed by atoms with van der Waals surface area (Å²) in [6.07, 6.45) is 0. The van der Waals surface area contributed by atoms with Crippen LogP contribution in [0.4, 0.5) is 5.69 Å². The van der Waals surface area contributed by atoms with Crippen LogP contribution in [0.3, 0.4) is 0 Å². The van der Waals surface area contributed by atoms with E-state index in [1.165, 1.54) is 0 Å². The Morgan fingerprint density at radius 1 is 1.21 bits per heavy atom. The lowest BCUT2D eigenvalue weighted by Gasteiger charge is -2.14. The van der Waals surface area contributed by atoms with Crippen molar-refractivity contribution in [2.75, 3.05) is 5.73 Å². The summed E-state index contributed by atoms with van der Waals surface area (Å²) in [6, 6.07) is 14.7. The molecule has 0 aromatic heterocycles. The number of carbonyl (C=O) groups is 1. The smallest absolute Gasteiger partial charge is 0.251 e. The molecule has 2 aromatic rings. The van der Waals surface area contributed by atoms with Crippen molar-refractivity contribution in [1.82, 2.24) is 5.32 Å². The van der Waals surface area contributed by atoms with Crippen molar-refractivity contribution in [3.63, 3.8) is 0 Å². The van der Waals surface area contributed by atoms with Crippen molar-refractivity contribution >= 4 is 27.5 Å². The van der Waals surface area contributed by atoms with E-state index in [-0.39, 0.29) is 11.9 Å². The van der Waals surface area contributed by atoms with Gasteiger partial charge < -0.3 is 11.1 Å². The molecule has 19 heavy (non-hydrogen) atoms. The number of amides is 1. The molecule has 0 aliphatic rings. The van der Waals surface area contributed by atoms with Gasteiger partial charge in [-0.2, -0.15) is 0 Å². The van der Waals surface area contributed by atoms with E-state index in [4.69, 9.17) is 5.73 Å². The number of nitrogens with one attached hydrogen (secondary N) is 1. The number of anilines is 1. The molecule has 0 saturated heterocycles. The zero-order valence-corrected chi connectivity index (χ0v) is 12.1. The average Bonchev–Trinajstić information content (AvgIpc) is 2.39. The van der Waals surface area contributed by atoms with Crippen LogP contribution >= 0.6 is 15.9 Å². The Morgan fingerprint density at radius 3 is 2.53 bits per heavy atom. The number of rotatable bonds is 3. The SMILES string of the molecule is C[C@@H](NC(=O)c1ccc(N)cc1)c1cccc(Br)c1. The Morgan fingerprint density at radius 2 is 1.89 bits per heavy atom. The second kappa shape index (κ2) is 5.89. The zero-order valence-electron chi connectivity index (χ0n) is 10.6. The molecule has 0 saturated carbocycles. The Balaban J connectivity index is 2.08. The summed E-state index contributed by atoms with van der Waals surface area (Å²) in [4.78, 5) is 12.1. The molecular weight excluding hydrogens is 304 g/mol. The molecule has 0 bridgehead atoms. The number of halogens is 1. The van der Waals surface area contributed by atoms with Crippen LogP contribution in [-0.4, -0.2) is 5.91 Å². The van der Waals surface area contributed by atoms with Crippen molar-refractivity contribution in [2.24, 2.45) is 0 Å². The van der Waals surface area contributed by atoms with Crippen molar-refractivity contribution in [3.05, 3.63) is 64.1 Å². The van der Waals surface area contributed by atoms with E-state index in [0.29, 0.717) is 11.3 Å². The van der Waals surface area contributed by atoms with Gasteiger partial charge in [-0.15, -0.1) is 0 Å². The number of carbonyl (C=O) groups excluding carboxylic acids is 1. The number of hydrogen-bond donors (Lipinski definition) is 2. The topological polar surface area (TPSA) is 55.1 Å². The van der Waals surface area contributed by atoms with E-state index in [0.717, 1.165) is 10.0 Å². The second-order valence-electron chi connectivity index (χ2n) is 4.37. The monoisotopic (exact) mass is 318 g/mol. The van der Waals surface area contributed by atoms with Crippen molar-refractivity contribution < 1.29 is 4.79 Å². The maximum Gasteiger partial charge on any atom is 0.251 e. The average molecular weight is 319 g/mol. The fourth-order valence-corrected chi connectivity index (χ4v) is 2.19. The van der Waals surface area contributed by atoms with Gasteiger partial charge >= 0.3 is 0 Å². The van der Waals surface area contributed by atoms with E-state index >= 15 is 0 Å². The molecule has 2 rings (SSSR count). The van der Waals surface area contributed by atoms with Gasteiger partial charge in [-0.25, -0.2) is 0 Å². The fourth-order valence-electron chi connectivity index (χ4n) is 1.77. The van der Waals surface area contributed by atoms with Gasteiger partial charge in [-0.1, -0.05) is 28.1 Å². The van der Waals surface area contributed by atoms with Crippen LogP contribution in [0.15, 0.2) is 53.0 Å². The first-order valence-corrected chi connectivity index (χ1v) is 6.77. The summed E-state index contributed by atoms with van der Waals surface area (Å²) in [6.45, 7) is 1.96. The molecule has 0 aliphatic heterocycles. The third kappa shape index (κ3) is 3.58. The highest BCUT2D eigenvalue weighted by atomic mass is 79.9. The highest BCUT2D eigenvalue weighted by Gasteiger charge is 2.11. The summed E-state index contributed by atoms with van der Waals surface area (Å²) >= 11 is 3.42. The molecule has 0 spiro atoms. The number of hydrogen-bond acceptors (Lipinski definition) is 2. The van der Waals surface area contributed by atoms with Crippen molar-refractivity contribution in [2.45, 2.75) is 13.0 Å². The zero-order chi connectivity index (χ0) is 13.8. The van der Waals surface area contributed by atoms with Gasteiger partial charge in [0.15, 0.2) is 0 Å². The summed E-state index contributed by atoms with van der Waals surface area (Å²) in [5, 5.41) is 2.96. The number of benzene rings is 2. The Kier molecular flexibility index (Phi) is 4.22. The maximum absolute atomic E-state index is 12.1. The molecule has 2 aromatic carbocycles. The first kappa shape index (κ1) is 13.6. The second-order valence-corrected chi connectivity index (χ2v) is 5.29. The van der Waals surface area contributed by atoms with Crippen LogP contribution in [-0.2, 0) is 0 Å². The van der Waals surface area contributed by atoms with Gasteiger partial charge in [0.05, 0.1) is 6.04 Å². The largest absolute Gasteiger partial charge is 0.399 e. The third-order valence-corrected chi connectivity index (χ3v) is 3.36. The molecule has 3 N–H and O–H groups in total. The highest BCUT2D eigenvalue weighted by molar-refractivity contribution is 9.10. The van der Waals surface area contributed by atoms with Gasteiger partial charge in [0, 0.05) is 15.7 Å². The van der Waals surface area contributed by atoms with Crippen LogP contribution in [0.2, 0.25) is 0 Å². The van der Waals surface area contributed by atoms with Crippen LogP contribution in [0.5, 0.6) is 0 Å². The Labute approximate surface area is 121 Å². The molecule has 1 amide bonds. The molecule has 0 aliphatic carbocycles. The van der Waals surface area contributed by atoms with Gasteiger partial charge in [0.1, 0.15) is 0 Å². The van der Waals surface area contributed by atoms with E-state index in [1.807, 2.05) is 31.2 Å². The van der Waals surface area contributed by atoms with Crippen LogP contribution in [0.1, 0.15) is 28.9 Å². The summed E-state index contributed by atoms with van der Waals surface area (Å²) in [5.41, 5.74) is 7.91. The van der Waals surface area contributed by atoms with Gasteiger partial charge in [-0.05, 0) is 48.9 Å². The standard InChI is InChI=1S/C15H15BrN2O/c1-10(12-3-2-4-13(16)9-12)18-15(19)11-5-7-14(17)8-6-11/h2-10H,17H2,1H3,(H,18,19)/t10-/m1/s1. The highest BCUT2D eigenvalue weighted by Crippen LogP contribution is 2.18. The minimum absolute atomic E-state index is 0.0532. The lowest BCUT2D eigenvalue weighted by Crippen LogP contribution is -2.26. The number of nitrogens with two attached hydrogens (primary N) is 1. The van der Waals surface area contributed by atoms with Crippen LogP contribution < -0.4 is 11.1 Å². The van der Waals surface area contributed by atoms with Crippen molar-refractivity contribution in [3.8, 4) is 0 Å². The first-order valence-electron chi connectivity index (χ1n) is 5.98. The van der Waals surface area contributed by atoms with E-state index in [1.54, 1.807) is 24.3 Å². The molecule has 3 nitrogen and oxygen atoms in total. The molecule has 98 valence electrons. The predicted octanol–water partition coefficient (Wildman–Crippen LogP) is 3.52. The quantitative estimate of drug-likeness (QED) is 0.851. The van der Waals surface area contributed by atoms with Gasteiger partial charge in [0.2, 0.25) is 0 Å². The molecule has 4 heteroatoms.